The fourth-order valence-corrected chi connectivity index (χ4v) is 3.87. The molecule has 0 aromatic heterocycles. The van der Waals surface area contributed by atoms with Crippen molar-refractivity contribution >= 4 is 76.0 Å². The maximum absolute atomic E-state index is 13.1. The number of barbiturate groups is 1. The zero-order valence-corrected chi connectivity index (χ0v) is 21.4. The van der Waals surface area contributed by atoms with Crippen LogP contribution in [-0.4, -0.2) is 30.4 Å². The summed E-state index contributed by atoms with van der Waals surface area (Å²) in [6.45, 7) is 1.57. The molecule has 5 amide bonds. The third-order valence-electron chi connectivity index (χ3n) is 5.26. The van der Waals surface area contributed by atoms with Gasteiger partial charge in [0.15, 0.2) is 6.61 Å². The molecule has 0 spiro atoms. The Labute approximate surface area is 226 Å². The monoisotopic (exact) mass is 557 g/mol. The highest BCUT2D eigenvalue weighted by Crippen LogP contribution is 2.29. The number of anilines is 2. The van der Waals surface area contributed by atoms with Crippen molar-refractivity contribution in [3.63, 3.8) is 0 Å². The summed E-state index contributed by atoms with van der Waals surface area (Å²) in [5.41, 5.74) is 1.72. The normalized spacial score (nSPS) is 14.5. The second-order valence-corrected chi connectivity index (χ2v) is 9.15. The van der Waals surface area contributed by atoms with E-state index in [1.807, 2.05) is 6.92 Å². The maximum atomic E-state index is 13.1. The number of nitrogens with one attached hydrogen (secondary N) is 2. The van der Waals surface area contributed by atoms with Crippen molar-refractivity contribution in [1.29, 1.82) is 0 Å². The Hall–Kier alpha value is -3.85. The summed E-state index contributed by atoms with van der Waals surface area (Å²) in [5, 5.41) is 5.74. The number of amides is 5. The highest BCUT2D eigenvalue weighted by molar-refractivity contribution is 6.43. The molecule has 1 heterocycles. The Morgan fingerprint density at radius 2 is 1.76 bits per heavy atom. The van der Waals surface area contributed by atoms with Gasteiger partial charge in [-0.3, -0.25) is 19.7 Å². The van der Waals surface area contributed by atoms with Gasteiger partial charge in [-0.2, -0.15) is 0 Å². The average molecular weight is 559 g/mol. The first-order valence-electron chi connectivity index (χ1n) is 10.8. The molecule has 37 heavy (non-hydrogen) atoms. The Morgan fingerprint density at radius 3 is 2.49 bits per heavy atom. The van der Waals surface area contributed by atoms with Gasteiger partial charge in [0.1, 0.15) is 11.3 Å². The second kappa shape index (κ2) is 11.0. The molecule has 1 saturated heterocycles. The average Bonchev–Trinajstić information content (AvgIpc) is 2.85. The quantitative estimate of drug-likeness (QED) is 0.301. The van der Waals surface area contributed by atoms with Gasteiger partial charge in [0.25, 0.3) is 17.7 Å². The molecule has 188 valence electrons. The van der Waals surface area contributed by atoms with Crippen LogP contribution in [0.1, 0.15) is 11.1 Å². The topological polar surface area (TPSA) is 105 Å². The summed E-state index contributed by atoms with van der Waals surface area (Å²) in [7, 11) is 0. The molecule has 1 aliphatic rings. The molecule has 8 nitrogen and oxygen atoms in total. The molecule has 0 aliphatic carbocycles. The molecule has 4 rings (SSSR count). The Morgan fingerprint density at radius 1 is 0.973 bits per heavy atom. The van der Waals surface area contributed by atoms with Crippen LogP contribution in [-0.2, 0) is 14.4 Å². The molecule has 0 radical (unpaired) electrons. The molecule has 1 aliphatic heterocycles. The lowest BCUT2D eigenvalue weighted by Gasteiger charge is -2.26. The summed E-state index contributed by atoms with van der Waals surface area (Å²) in [4.78, 5) is 51.0. The summed E-state index contributed by atoms with van der Waals surface area (Å²) < 4.78 is 5.56. The van der Waals surface area contributed by atoms with Crippen molar-refractivity contribution in [3.05, 3.63) is 92.4 Å². The Balaban J connectivity index is 1.49. The van der Waals surface area contributed by atoms with E-state index >= 15 is 0 Å². The van der Waals surface area contributed by atoms with Crippen LogP contribution in [0.3, 0.4) is 0 Å². The minimum atomic E-state index is -0.913. The van der Waals surface area contributed by atoms with E-state index in [-0.39, 0.29) is 27.9 Å². The third-order valence-corrected chi connectivity index (χ3v) is 6.40. The number of hydrogen-bond acceptors (Lipinski definition) is 5. The van der Waals surface area contributed by atoms with E-state index < -0.39 is 23.8 Å². The maximum Gasteiger partial charge on any atom is 0.335 e. The van der Waals surface area contributed by atoms with Crippen molar-refractivity contribution in [2.24, 2.45) is 0 Å². The van der Waals surface area contributed by atoms with Crippen LogP contribution in [0.15, 0.2) is 66.2 Å². The number of hydrogen-bond donors (Lipinski definition) is 2. The van der Waals surface area contributed by atoms with Crippen LogP contribution >= 0.6 is 34.8 Å². The number of carbonyl (C=O) groups is 4. The largest absolute Gasteiger partial charge is 0.484 e. The summed E-state index contributed by atoms with van der Waals surface area (Å²) >= 11 is 18.0. The number of benzene rings is 3. The lowest BCUT2D eigenvalue weighted by molar-refractivity contribution is -0.122. The van der Waals surface area contributed by atoms with E-state index in [0.717, 1.165) is 10.5 Å². The predicted molar refractivity (Wildman–Crippen MR) is 142 cm³/mol. The van der Waals surface area contributed by atoms with Crippen LogP contribution in [0.4, 0.5) is 16.2 Å². The summed E-state index contributed by atoms with van der Waals surface area (Å²) in [5.74, 6) is -1.77. The van der Waals surface area contributed by atoms with Crippen molar-refractivity contribution in [3.8, 4) is 5.75 Å². The van der Waals surface area contributed by atoms with Gasteiger partial charge >= 0.3 is 6.03 Å². The SMILES string of the molecule is Cc1ccc(NC(=O)COc2cccc(/C=C3/C(=O)NC(=O)N(c4ccc(Cl)c(Cl)c4)C3=O)c2)cc1Cl. The number of urea groups is 1. The zero-order chi connectivity index (χ0) is 26.7. The molecule has 3 aromatic rings. The van der Waals surface area contributed by atoms with Gasteiger partial charge in [-0.15, -0.1) is 0 Å². The number of nitrogens with zero attached hydrogens (tertiary/aromatic N) is 1. The number of rotatable bonds is 6. The van der Waals surface area contributed by atoms with E-state index in [1.54, 1.807) is 42.5 Å². The van der Waals surface area contributed by atoms with Crippen LogP contribution in [0.25, 0.3) is 6.08 Å². The van der Waals surface area contributed by atoms with Crippen molar-refractivity contribution in [1.82, 2.24) is 5.32 Å². The van der Waals surface area contributed by atoms with E-state index in [0.29, 0.717) is 22.0 Å². The Kier molecular flexibility index (Phi) is 7.83. The van der Waals surface area contributed by atoms with Gasteiger partial charge in [0, 0.05) is 10.7 Å². The smallest absolute Gasteiger partial charge is 0.335 e. The number of imide groups is 2. The Bertz CT molecular complexity index is 1470. The first kappa shape index (κ1) is 26.2. The van der Waals surface area contributed by atoms with Gasteiger partial charge in [-0.05, 0) is 66.6 Å². The molecule has 3 aromatic carbocycles. The minimum Gasteiger partial charge on any atom is -0.484 e. The van der Waals surface area contributed by atoms with Crippen LogP contribution in [0, 0.1) is 6.92 Å². The fraction of sp³-hybridized carbons (Fsp3) is 0.0769. The lowest BCUT2D eigenvalue weighted by atomic mass is 10.1. The lowest BCUT2D eigenvalue weighted by Crippen LogP contribution is -2.54. The third kappa shape index (κ3) is 6.11. The van der Waals surface area contributed by atoms with Crippen LogP contribution < -0.4 is 20.3 Å². The van der Waals surface area contributed by atoms with Gasteiger partial charge in [0.2, 0.25) is 0 Å². The highest BCUT2D eigenvalue weighted by atomic mass is 35.5. The molecule has 0 atom stereocenters. The number of carbonyl (C=O) groups excluding carboxylic acids is 4. The van der Waals surface area contributed by atoms with Crippen LogP contribution in [0.2, 0.25) is 15.1 Å². The van der Waals surface area contributed by atoms with Crippen LogP contribution in [0.5, 0.6) is 5.75 Å². The minimum absolute atomic E-state index is 0.140. The second-order valence-electron chi connectivity index (χ2n) is 7.93. The van der Waals surface area contributed by atoms with Gasteiger partial charge < -0.3 is 10.1 Å². The van der Waals surface area contributed by atoms with Gasteiger partial charge in [0.05, 0.1) is 15.7 Å². The van der Waals surface area contributed by atoms with E-state index in [1.165, 1.54) is 24.3 Å². The molecule has 0 bridgehead atoms. The van der Waals surface area contributed by atoms with Crippen molar-refractivity contribution < 1.29 is 23.9 Å². The van der Waals surface area contributed by atoms with Crippen molar-refractivity contribution in [2.45, 2.75) is 6.92 Å². The van der Waals surface area contributed by atoms with Gasteiger partial charge in [-0.25, -0.2) is 9.69 Å². The molecular formula is C26H18Cl3N3O5. The molecule has 0 unspecified atom stereocenters. The molecule has 11 heteroatoms. The fourth-order valence-electron chi connectivity index (χ4n) is 3.39. The zero-order valence-electron chi connectivity index (χ0n) is 19.2. The number of halogens is 3. The highest BCUT2D eigenvalue weighted by Gasteiger charge is 2.37. The number of aryl methyl sites for hydroxylation is 1. The van der Waals surface area contributed by atoms with Crippen molar-refractivity contribution in [2.75, 3.05) is 16.8 Å². The van der Waals surface area contributed by atoms with E-state index in [4.69, 9.17) is 39.5 Å². The summed E-state index contributed by atoms with van der Waals surface area (Å²) in [6, 6.07) is 14.9. The standard InChI is InChI=1S/C26H18Cl3N3O5/c1-14-5-6-16(11-21(14)28)30-23(33)13-37-18-4-2-3-15(9-18)10-19-24(34)31-26(36)32(25(19)35)17-7-8-20(27)22(29)12-17/h2-12H,13H2,1H3,(H,30,33)(H,31,34,36)/b19-10-. The van der Waals surface area contributed by atoms with Gasteiger partial charge in [-0.1, -0.05) is 53.0 Å². The van der Waals surface area contributed by atoms with E-state index in [9.17, 15) is 19.2 Å². The molecule has 0 saturated carbocycles. The van der Waals surface area contributed by atoms with E-state index in [2.05, 4.69) is 10.6 Å². The first-order valence-corrected chi connectivity index (χ1v) is 11.9. The molecule has 1 fully saturated rings. The molecular weight excluding hydrogens is 541 g/mol. The predicted octanol–water partition coefficient (Wildman–Crippen LogP) is 5.64. The first-order chi connectivity index (χ1) is 17.6. The number of ether oxygens (including phenoxy) is 1. The summed E-state index contributed by atoms with van der Waals surface area (Å²) in [6.07, 6.45) is 1.32. The molecule has 2 N–H and O–H groups in total.